The molecule has 0 unspecified atom stereocenters. The van der Waals surface area contributed by atoms with Gasteiger partial charge in [-0.15, -0.1) is 0 Å². The van der Waals surface area contributed by atoms with Crippen LogP contribution >= 0.6 is 0 Å². The molecule has 1 heterocycles. The number of rotatable bonds is 6. The fraction of sp³-hybridized carbons (Fsp3) is 0. The molecule has 11 rings (SSSR count). The first-order valence-electron chi connectivity index (χ1n) is 19.8. The number of aromatic nitrogens is 2. The van der Waals surface area contributed by atoms with Crippen molar-refractivity contribution >= 4 is 43.1 Å². The van der Waals surface area contributed by atoms with Gasteiger partial charge in [0, 0.05) is 16.7 Å². The van der Waals surface area contributed by atoms with E-state index in [-0.39, 0.29) is 0 Å². The van der Waals surface area contributed by atoms with Gasteiger partial charge in [-0.05, 0) is 94.7 Å². The van der Waals surface area contributed by atoms with Crippen LogP contribution in [0.1, 0.15) is 0 Å². The normalized spacial score (nSPS) is 11.4. The molecule has 0 N–H and O–H groups in total. The summed E-state index contributed by atoms with van der Waals surface area (Å²) in [6, 6.07) is 78.2. The van der Waals surface area contributed by atoms with Gasteiger partial charge in [-0.1, -0.05) is 200 Å². The van der Waals surface area contributed by atoms with Crippen LogP contribution in [0.5, 0.6) is 0 Å². The first-order valence-corrected chi connectivity index (χ1v) is 19.8. The molecule has 0 aliphatic rings. The lowest BCUT2D eigenvalue weighted by Gasteiger charge is -2.15. The van der Waals surface area contributed by atoms with E-state index in [2.05, 4.69) is 212 Å². The molecule has 1 aromatic heterocycles. The van der Waals surface area contributed by atoms with Gasteiger partial charge in [0.25, 0.3) is 0 Å². The Kier molecular flexibility index (Phi) is 8.19. The van der Waals surface area contributed by atoms with E-state index < -0.39 is 0 Å². The van der Waals surface area contributed by atoms with E-state index in [1.165, 1.54) is 59.8 Å². The van der Waals surface area contributed by atoms with Gasteiger partial charge in [-0.3, -0.25) is 0 Å². The molecule has 2 heteroatoms. The van der Waals surface area contributed by atoms with E-state index in [1.807, 2.05) is 6.07 Å². The molecule has 0 fully saturated rings. The molecule has 10 aromatic carbocycles. The average Bonchev–Trinajstić information content (AvgIpc) is 3.31. The zero-order valence-electron chi connectivity index (χ0n) is 31.7. The summed E-state index contributed by atoms with van der Waals surface area (Å²) in [6.45, 7) is 0. The highest BCUT2D eigenvalue weighted by Crippen LogP contribution is 2.41. The Balaban J connectivity index is 1.06. The van der Waals surface area contributed by atoms with Crippen molar-refractivity contribution in [3.63, 3.8) is 0 Å². The molecule has 0 atom stereocenters. The third kappa shape index (κ3) is 6.00. The highest BCUT2D eigenvalue weighted by atomic mass is 14.9. The molecule has 270 valence electrons. The summed E-state index contributed by atoms with van der Waals surface area (Å²) >= 11 is 0. The minimum Gasteiger partial charge on any atom is -0.228 e. The van der Waals surface area contributed by atoms with Crippen LogP contribution in [0.15, 0.2) is 218 Å². The van der Waals surface area contributed by atoms with E-state index in [4.69, 9.17) is 9.97 Å². The number of nitrogens with zero attached hydrogens (tertiary/aromatic N) is 2. The van der Waals surface area contributed by atoms with E-state index >= 15 is 0 Å². The quantitative estimate of drug-likeness (QED) is 0.125. The van der Waals surface area contributed by atoms with Crippen LogP contribution in [0, 0.1) is 0 Å². The Morgan fingerprint density at radius 2 is 0.793 bits per heavy atom. The summed E-state index contributed by atoms with van der Waals surface area (Å²) in [4.78, 5) is 10.6. The Morgan fingerprint density at radius 1 is 0.241 bits per heavy atom. The third-order valence-electron chi connectivity index (χ3n) is 11.5. The second-order valence-electron chi connectivity index (χ2n) is 14.9. The maximum absolute atomic E-state index is 5.30. The highest BCUT2D eigenvalue weighted by Gasteiger charge is 2.17. The Hall–Kier alpha value is -7.68. The lowest BCUT2D eigenvalue weighted by atomic mass is 9.89. The molecule has 0 radical (unpaired) electrons. The van der Waals surface area contributed by atoms with Gasteiger partial charge in [0.2, 0.25) is 0 Å². The lowest BCUT2D eigenvalue weighted by Crippen LogP contribution is -1.97. The van der Waals surface area contributed by atoms with Gasteiger partial charge >= 0.3 is 0 Å². The molecule has 0 saturated carbocycles. The minimum absolute atomic E-state index is 0.691. The fourth-order valence-corrected chi connectivity index (χ4v) is 8.56. The second kappa shape index (κ2) is 14.1. The summed E-state index contributed by atoms with van der Waals surface area (Å²) in [5, 5.41) is 9.95. The van der Waals surface area contributed by atoms with Gasteiger partial charge in [-0.2, -0.15) is 0 Å². The van der Waals surface area contributed by atoms with E-state index in [0.29, 0.717) is 5.82 Å². The van der Waals surface area contributed by atoms with E-state index in [1.54, 1.807) is 0 Å². The fourth-order valence-electron chi connectivity index (χ4n) is 8.56. The molecule has 0 bridgehead atoms. The Morgan fingerprint density at radius 3 is 1.60 bits per heavy atom. The summed E-state index contributed by atoms with van der Waals surface area (Å²) in [5.74, 6) is 0.691. The SMILES string of the molecule is c1ccc(-c2ccc(-c3nc(-c4ccc(-c5c6ccccc6cc6c5ccc5ccccc56)cc4)cc(-c4ccccc4-c4ccc5ccccc5c4)n3)cc2)cc1. The van der Waals surface area contributed by atoms with Crippen molar-refractivity contribution in [1.82, 2.24) is 9.97 Å². The zero-order chi connectivity index (χ0) is 38.4. The predicted molar refractivity (Wildman–Crippen MR) is 245 cm³/mol. The second-order valence-corrected chi connectivity index (χ2v) is 14.9. The summed E-state index contributed by atoms with van der Waals surface area (Å²) < 4.78 is 0. The molecule has 0 spiro atoms. The van der Waals surface area contributed by atoms with Crippen LogP contribution in [-0.4, -0.2) is 9.97 Å². The largest absolute Gasteiger partial charge is 0.228 e. The smallest absolute Gasteiger partial charge is 0.160 e. The first-order chi connectivity index (χ1) is 28.7. The van der Waals surface area contributed by atoms with Crippen LogP contribution in [0.3, 0.4) is 0 Å². The maximum atomic E-state index is 5.30. The number of benzene rings is 10. The van der Waals surface area contributed by atoms with Gasteiger partial charge in [0.15, 0.2) is 5.82 Å². The van der Waals surface area contributed by atoms with Crippen molar-refractivity contribution in [2.45, 2.75) is 0 Å². The van der Waals surface area contributed by atoms with Crippen molar-refractivity contribution in [1.29, 1.82) is 0 Å². The average molecular weight is 737 g/mol. The lowest BCUT2D eigenvalue weighted by molar-refractivity contribution is 1.18. The predicted octanol–water partition coefficient (Wildman–Crippen LogP) is 15.1. The Bertz CT molecular complexity index is 3310. The van der Waals surface area contributed by atoms with Gasteiger partial charge in [0.1, 0.15) is 0 Å². The number of hydrogen-bond acceptors (Lipinski definition) is 2. The van der Waals surface area contributed by atoms with E-state index in [0.717, 1.165) is 44.8 Å². The molecular weight excluding hydrogens is 701 g/mol. The van der Waals surface area contributed by atoms with Crippen molar-refractivity contribution in [2.24, 2.45) is 0 Å². The van der Waals surface area contributed by atoms with Crippen LogP contribution in [-0.2, 0) is 0 Å². The van der Waals surface area contributed by atoms with Gasteiger partial charge < -0.3 is 0 Å². The van der Waals surface area contributed by atoms with Crippen LogP contribution in [0.4, 0.5) is 0 Å². The molecule has 0 amide bonds. The summed E-state index contributed by atoms with van der Waals surface area (Å²) in [5.41, 5.74) is 11.9. The van der Waals surface area contributed by atoms with Crippen LogP contribution in [0.2, 0.25) is 0 Å². The molecular formula is C56H36N2. The molecule has 11 aromatic rings. The number of fused-ring (bicyclic) bond motifs is 5. The monoisotopic (exact) mass is 736 g/mol. The van der Waals surface area contributed by atoms with Crippen molar-refractivity contribution in [3.05, 3.63) is 218 Å². The third-order valence-corrected chi connectivity index (χ3v) is 11.5. The molecule has 0 saturated heterocycles. The van der Waals surface area contributed by atoms with Crippen molar-refractivity contribution in [2.75, 3.05) is 0 Å². The minimum atomic E-state index is 0.691. The van der Waals surface area contributed by atoms with Gasteiger partial charge in [-0.25, -0.2) is 9.97 Å². The molecule has 0 aliphatic carbocycles. The van der Waals surface area contributed by atoms with Crippen LogP contribution < -0.4 is 0 Å². The van der Waals surface area contributed by atoms with Crippen molar-refractivity contribution in [3.8, 4) is 67.3 Å². The van der Waals surface area contributed by atoms with Gasteiger partial charge in [0.05, 0.1) is 11.4 Å². The van der Waals surface area contributed by atoms with Crippen molar-refractivity contribution < 1.29 is 0 Å². The molecule has 58 heavy (non-hydrogen) atoms. The zero-order valence-corrected chi connectivity index (χ0v) is 31.7. The molecule has 2 nitrogen and oxygen atoms in total. The first kappa shape index (κ1) is 33.6. The highest BCUT2D eigenvalue weighted by molar-refractivity contribution is 6.20. The maximum Gasteiger partial charge on any atom is 0.160 e. The summed E-state index contributed by atoms with van der Waals surface area (Å²) in [7, 11) is 0. The van der Waals surface area contributed by atoms with Crippen LogP contribution in [0.25, 0.3) is 110 Å². The topological polar surface area (TPSA) is 25.8 Å². The Labute approximate surface area is 337 Å². The standard InChI is InChI=1S/C56H36N2/c1-2-12-37(13-3-1)39-22-29-43(30-23-39)56-57-53(36-54(58-56)50-21-11-10-19-48(50)46-31-24-38-14-4-5-16-44(38)34-46)41-25-27-42(28-26-41)55-49-20-9-7-17-45(49)35-52-47-18-8-6-15-40(47)32-33-51(52)55/h1-36H. The molecule has 0 aliphatic heterocycles. The summed E-state index contributed by atoms with van der Waals surface area (Å²) in [6.07, 6.45) is 0. The number of hydrogen-bond donors (Lipinski definition) is 0. The van der Waals surface area contributed by atoms with E-state index in [9.17, 15) is 0 Å².